The fourth-order valence-electron chi connectivity index (χ4n) is 2.87. The number of aromatic nitrogens is 1. The van der Waals surface area contributed by atoms with Gasteiger partial charge in [-0.25, -0.2) is 4.79 Å². The molecule has 1 amide bonds. The number of ether oxygens (including phenoxy) is 1. The fraction of sp³-hybridized carbons (Fsp3) is 0.619. The Morgan fingerprint density at radius 3 is 2.56 bits per heavy atom. The Labute approximate surface area is 164 Å². The lowest BCUT2D eigenvalue weighted by Gasteiger charge is -2.32. The highest BCUT2D eigenvalue weighted by Crippen LogP contribution is 2.15. The molecule has 0 radical (unpaired) electrons. The Balaban J connectivity index is 1.83. The number of likely N-dealkylation sites (tertiary alicyclic amines) is 1. The lowest BCUT2D eigenvalue weighted by Crippen LogP contribution is -2.45. The summed E-state index contributed by atoms with van der Waals surface area (Å²) in [6, 6.07) is 2.33. The third-order valence-electron chi connectivity index (χ3n) is 4.09. The van der Waals surface area contributed by atoms with Crippen molar-refractivity contribution in [2.75, 3.05) is 13.1 Å². The van der Waals surface area contributed by atoms with Crippen molar-refractivity contribution in [3.63, 3.8) is 0 Å². The van der Waals surface area contributed by atoms with Gasteiger partial charge in [-0.15, -0.1) is 5.54 Å². The normalized spacial score (nSPS) is 16.4. The first-order valence-electron chi connectivity index (χ1n) is 9.69. The highest BCUT2D eigenvalue weighted by molar-refractivity contribution is 6.83. The van der Waals surface area contributed by atoms with Crippen LogP contribution in [0.4, 0.5) is 4.79 Å². The molecule has 1 saturated heterocycles. The standard InChI is InChI=1S/C21H33N3O2Si/c1-21(2,3)26-20(25)23-19-7-10-24(11-8-19)16-18-13-17(14-22-15-18)9-12-27(4,5)6/h13-15,19H,7-8,10-11,16H2,1-6H3,(H,23,25). The van der Waals surface area contributed by atoms with Crippen molar-refractivity contribution in [2.24, 2.45) is 0 Å². The summed E-state index contributed by atoms with van der Waals surface area (Å²) in [5.74, 6) is 3.28. The fourth-order valence-corrected chi connectivity index (χ4v) is 3.39. The number of alkyl carbamates (subject to hydrolysis) is 1. The van der Waals surface area contributed by atoms with Crippen LogP contribution >= 0.6 is 0 Å². The maximum Gasteiger partial charge on any atom is 0.407 e. The number of carbonyl (C=O) groups is 1. The molecule has 0 aromatic carbocycles. The number of hydrogen-bond acceptors (Lipinski definition) is 4. The smallest absolute Gasteiger partial charge is 0.407 e. The number of nitrogens with zero attached hydrogens (tertiary/aromatic N) is 2. The van der Waals surface area contributed by atoms with Crippen LogP contribution in [0.15, 0.2) is 18.5 Å². The topological polar surface area (TPSA) is 54.5 Å². The molecule has 0 bridgehead atoms. The number of amides is 1. The second-order valence-electron chi connectivity index (χ2n) is 9.28. The van der Waals surface area contributed by atoms with Gasteiger partial charge in [0, 0.05) is 43.6 Å². The average Bonchev–Trinajstić information content (AvgIpc) is 2.53. The quantitative estimate of drug-likeness (QED) is 0.633. The molecule has 1 aliphatic heterocycles. The predicted molar refractivity (Wildman–Crippen MR) is 112 cm³/mol. The predicted octanol–water partition coefficient (Wildman–Crippen LogP) is 3.80. The minimum absolute atomic E-state index is 0.183. The van der Waals surface area contributed by atoms with E-state index in [0.29, 0.717) is 0 Å². The van der Waals surface area contributed by atoms with E-state index >= 15 is 0 Å². The van der Waals surface area contributed by atoms with E-state index in [1.54, 1.807) is 0 Å². The second kappa shape index (κ2) is 8.90. The monoisotopic (exact) mass is 387 g/mol. The van der Waals surface area contributed by atoms with Crippen molar-refractivity contribution in [1.82, 2.24) is 15.2 Å². The summed E-state index contributed by atoms with van der Waals surface area (Å²) >= 11 is 0. The van der Waals surface area contributed by atoms with Crippen molar-refractivity contribution in [3.8, 4) is 11.5 Å². The van der Waals surface area contributed by atoms with Gasteiger partial charge >= 0.3 is 6.09 Å². The minimum atomic E-state index is -1.38. The molecule has 1 aromatic rings. The van der Waals surface area contributed by atoms with Gasteiger partial charge in [-0.2, -0.15) is 0 Å². The molecule has 2 heterocycles. The van der Waals surface area contributed by atoms with Crippen molar-refractivity contribution in [1.29, 1.82) is 0 Å². The van der Waals surface area contributed by atoms with E-state index in [-0.39, 0.29) is 12.1 Å². The molecule has 1 fully saturated rings. The Bertz CT molecular complexity index is 703. The van der Waals surface area contributed by atoms with Crippen LogP contribution in [0.1, 0.15) is 44.7 Å². The molecule has 6 heteroatoms. The Morgan fingerprint density at radius 2 is 1.96 bits per heavy atom. The first-order valence-corrected chi connectivity index (χ1v) is 13.2. The lowest BCUT2D eigenvalue weighted by atomic mass is 10.0. The number of nitrogens with one attached hydrogen (secondary N) is 1. The molecule has 0 saturated carbocycles. The maximum absolute atomic E-state index is 11.9. The van der Waals surface area contributed by atoms with Crippen LogP contribution in [0.25, 0.3) is 0 Å². The Morgan fingerprint density at radius 1 is 1.30 bits per heavy atom. The number of pyridine rings is 1. The first-order chi connectivity index (χ1) is 12.5. The van der Waals surface area contributed by atoms with Gasteiger partial charge in [-0.05, 0) is 45.2 Å². The number of carbonyl (C=O) groups excluding carboxylic acids is 1. The summed E-state index contributed by atoms with van der Waals surface area (Å²) in [5, 5.41) is 2.99. The highest BCUT2D eigenvalue weighted by atomic mass is 28.3. The molecule has 5 nitrogen and oxygen atoms in total. The molecule has 148 valence electrons. The van der Waals surface area contributed by atoms with Crippen LogP contribution in [0.2, 0.25) is 19.6 Å². The van der Waals surface area contributed by atoms with Gasteiger partial charge in [0.2, 0.25) is 0 Å². The van der Waals surface area contributed by atoms with Gasteiger partial charge in [0.25, 0.3) is 0 Å². The molecule has 0 atom stereocenters. The van der Waals surface area contributed by atoms with Crippen molar-refractivity contribution in [2.45, 2.75) is 71.4 Å². The molecular formula is C21H33N3O2Si. The summed E-state index contributed by atoms with van der Waals surface area (Å²) in [6.07, 6.45) is 5.31. The van der Waals surface area contributed by atoms with E-state index < -0.39 is 13.7 Å². The van der Waals surface area contributed by atoms with E-state index in [1.165, 1.54) is 5.56 Å². The Hall–Kier alpha value is -1.84. The summed E-state index contributed by atoms with van der Waals surface area (Å²) < 4.78 is 5.34. The van der Waals surface area contributed by atoms with Crippen LogP contribution in [0.5, 0.6) is 0 Å². The van der Waals surface area contributed by atoms with Crippen LogP contribution < -0.4 is 5.32 Å². The van der Waals surface area contributed by atoms with Crippen LogP contribution in [-0.2, 0) is 11.3 Å². The van der Waals surface area contributed by atoms with Gasteiger partial charge in [0.05, 0.1) is 0 Å². The molecule has 0 unspecified atom stereocenters. The third kappa shape index (κ3) is 8.59. The molecule has 1 N–H and O–H groups in total. The van der Waals surface area contributed by atoms with Crippen LogP contribution in [0.3, 0.4) is 0 Å². The zero-order valence-electron chi connectivity index (χ0n) is 17.6. The summed E-state index contributed by atoms with van der Waals surface area (Å²) in [4.78, 5) is 18.7. The van der Waals surface area contributed by atoms with E-state index in [0.717, 1.165) is 38.0 Å². The van der Waals surface area contributed by atoms with E-state index in [1.807, 2.05) is 33.2 Å². The van der Waals surface area contributed by atoms with Gasteiger partial charge in [0.1, 0.15) is 13.7 Å². The number of piperidine rings is 1. The molecule has 0 spiro atoms. The zero-order chi connectivity index (χ0) is 20.1. The maximum atomic E-state index is 11.9. The van der Waals surface area contributed by atoms with Gasteiger partial charge < -0.3 is 10.1 Å². The molecular weight excluding hydrogens is 354 g/mol. The lowest BCUT2D eigenvalue weighted by molar-refractivity contribution is 0.0477. The molecule has 1 aliphatic rings. The molecule has 1 aromatic heterocycles. The zero-order valence-corrected chi connectivity index (χ0v) is 18.6. The molecule has 0 aliphatic carbocycles. The van der Waals surface area contributed by atoms with Gasteiger partial charge in [0.15, 0.2) is 0 Å². The van der Waals surface area contributed by atoms with Crippen molar-refractivity contribution in [3.05, 3.63) is 29.6 Å². The van der Waals surface area contributed by atoms with Crippen molar-refractivity contribution >= 4 is 14.2 Å². The van der Waals surface area contributed by atoms with Crippen molar-refractivity contribution < 1.29 is 9.53 Å². The van der Waals surface area contributed by atoms with Gasteiger partial charge in [-0.3, -0.25) is 9.88 Å². The van der Waals surface area contributed by atoms with Crippen LogP contribution in [0, 0.1) is 11.5 Å². The number of rotatable bonds is 3. The molecule has 27 heavy (non-hydrogen) atoms. The first kappa shape index (κ1) is 21.5. The second-order valence-corrected chi connectivity index (χ2v) is 14.0. The van der Waals surface area contributed by atoms with Crippen LogP contribution in [-0.4, -0.2) is 48.8 Å². The average molecular weight is 388 g/mol. The van der Waals surface area contributed by atoms with E-state index in [2.05, 4.69) is 52.4 Å². The Kier molecular flexibility index (Phi) is 7.07. The summed E-state index contributed by atoms with van der Waals surface area (Å²) in [5.41, 5.74) is 5.12. The van der Waals surface area contributed by atoms with E-state index in [4.69, 9.17) is 4.74 Å². The SMILES string of the molecule is CC(C)(C)OC(=O)NC1CCN(Cc2cncc(C#C[Si](C)(C)C)c2)CC1. The minimum Gasteiger partial charge on any atom is -0.444 e. The summed E-state index contributed by atoms with van der Waals surface area (Å²) in [7, 11) is -1.38. The highest BCUT2D eigenvalue weighted by Gasteiger charge is 2.23. The van der Waals surface area contributed by atoms with Gasteiger partial charge in [-0.1, -0.05) is 25.6 Å². The summed E-state index contributed by atoms with van der Waals surface area (Å²) in [6.45, 7) is 15.1. The largest absolute Gasteiger partial charge is 0.444 e. The third-order valence-corrected chi connectivity index (χ3v) is 4.97. The molecule has 2 rings (SSSR count). The number of hydrogen-bond donors (Lipinski definition) is 1. The van der Waals surface area contributed by atoms with E-state index in [9.17, 15) is 4.79 Å².